The van der Waals surface area contributed by atoms with Crippen LogP contribution in [0.1, 0.15) is 38.2 Å². The number of halogens is 1. The molecule has 0 bridgehead atoms. The van der Waals surface area contributed by atoms with E-state index in [0.29, 0.717) is 25.0 Å². The Morgan fingerprint density at radius 2 is 2.00 bits per heavy atom. The number of ether oxygens (including phenoxy) is 1. The summed E-state index contributed by atoms with van der Waals surface area (Å²) in [5, 5.41) is 0. The average molecular weight is 319 g/mol. The lowest BCUT2D eigenvalue weighted by molar-refractivity contribution is -0.147. The van der Waals surface area contributed by atoms with E-state index in [9.17, 15) is 9.18 Å². The first-order valence-corrected chi connectivity index (χ1v) is 8.74. The summed E-state index contributed by atoms with van der Waals surface area (Å²) < 4.78 is 18.4. The molecule has 0 N–H and O–H groups in total. The van der Waals surface area contributed by atoms with Crippen molar-refractivity contribution in [3.63, 3.8) is 0 Å². The van der Waals surface area contributed by atoms with Gasteiger partial charge in [0.05, 0.1) is 5.41 Å². The van der Waals surface area contributed by atoms with Crippen molar-refractivity contribution in [2.75, 3.05) is 26.3 Å². The van der Waals surface area contributed by atoms with Crippen LogP contribution >= 0.6 is 0 Å². The maximum Gasteiger partial charge on any atom is 0.228 e. The molecule has 0 saturated carbocycles. The largest absolute Gasteiger partial charge is 0.381 e. The zero-order valence-electron chi connectivity index (χ0n) is 13.9. The molecule has 1 aromatic carbocycles. The molecule has 23 heavy (non-hydrogen) atoms. The SMILES string of the molecule is CCC1(C(=O)N2CCC(Cc3ccc(F)cc3)C2)CCOCC1. The minimum atomic E-state index is -0.205. The fourth-order valence-electron chi connectivity index (χ4n) is 3.95. The zero-order valence-corrected chi connectivity index (χ0v) is 13.9. The fourth-order valence-corrected chi connectivity index (χ4v) is 3.95. The van der Waals surface area contributed by atoms with Gasteiger partial charge in [-0.25, -0.2) is 4.39 Å². The molecule has 126 valence electrons. The fraction of sp³-hybridized carbons (Fsp3) is 0.632. The molecule has 3 rings (SSSR count). The van der Waals surface area contributed by atoms with Gasteiger partial charge < -0.3 is 9.64 Å². The van der Waals surface area contributed by atoms with Crippen LogP contribution in [0.2, 0.25) is 0 Å². The Hall–Kier alpha value is -1.42. The molecular formula is C19H26FNO2. The highest BCUT2D eigenvalue weighted by Crippen LogP contribution is 2.37. The summed E-state index contributed by atoms with van der Waals surface area (Å²) in [6.45, 7) is 5.21. The van der Waals surface area contributed by atoms with Crippen LogP contribution in [0.3, 0.4) is 0 Å². The number of rotatable bonds is 4. The van der Waals surface area contributed by atoms with E-state index in [1.165, 1.54) is 12.1 Å². The van der Waals surface area contributed by atoms with Crippen LogP contribution in [-0.2, 0) is 16.0 Å². The molecule has 2 aliphatic heterocycles. The van der Waals surface area contributed by atoms with Crippen LogP contribution in [0.4, 0.5) is 4.39 Å². The summed E-state index contributed by atoms with van der Waals surface area (Å²) in [6, 6.07) is 6.74. The number of carbonyl (C=O) groups is 1. The predicted octanol–water partition coefficient (Wildman–Crippen LogP) is 3.42. The van der Waals surface area contributed by atoms with E-state index in [4.69, 9.17) is 4.74 Å². The van der Waals surface area contributed by atoms with Crippen molar-refractivity contribution in [3.05, 3.63) is 35.6 Å². The van der Waals surface area contributed by atoms with Crippen LogP contribution in [0.25, 0.3) is 0 Å². The lowest BCUT2D eigenvalue weighted by Crippen LogP contribution is -2.45. The normalized spacial score (nSPS) is 23.9. The maximum atomic E-state index is 13.0. The van der Waals surface area contributed by atoms with Crippen molar-refractivity contribution < 1.29 is 13.9 Å². The summed E-state index contributed by atoms with van der Waals surface area (Å²) in [4.78, 5) is 15.1. The molecular weight excluding hydrogens is 293 g/mol. The first-order valence-electron chi connectivity index (χ1n) is 8.74. The molecule has 0 radical (unpaired) electrons. The van der Waals surface area contributed by atoms with E-state index in [0.717, 1.165) is 50.8 Å². The second-order valence-corrected chi connectivity index (χ2v) is 6.98. The molecule has 2 heterocycles. The summed E-state index contributed by atoms with van der Waals surface area (Å²) in [7, 11) is 0. The van der Waals surface area contributed by atoms with Gasteiger partial charge in [0, 0.05) is 26.3 Å². The third kappa shape index (κ3) is 3.57. The highest BCUT2D eigenvalue weighted by Gasteiger charge is 2.42. The molecule has 1 aromatic rings. The van der Waals surface area contributed by atoms with E-state index in [1.54, 1.807) is 0 Å². The standard InChI is InChI=1S/C19H26FNO2/c1-2-19(8-11-23-12-9-19)18(22)21-10-7-16(14-21)13-15-3-5-17(20)6-4-15/h3-6,16H,2,7-14H2,1H3. The number of hydrogen-bond donors (Lipinski definition) is 0. The van der Waals surface area contributed by atoms with Crippen molar-refractivity contribution in [3.8, 4) is 0 Å². The molecule has 2 saturated heterocycles. The van der Waals surface area contributed by atoms with Gasteiger partial charge in [-0.1, -0.05) is 19.1 Å². The van der Waals surface area contributed by atoms with Crippen LogP contribution in [0, 0.1) is 17.2 Å². The number of benzene rings is 1. The van der Waals surface area contributed by atoms with Crippen LogP contribution < -0.4 is 0 Å². The highest BCUT2D eigenvalue weighted by molar-refractivity contribution is 5.83. The van der Waals surface area contributed by atoms with Crippen LogP contribution in [0.5, 0.6) is 0 Å². The average Bonchev–Trinajstić information content (AvgIpc) is 3.05. The predicted molar refractivity (Wildman–Crippen MR) is 87.6 cm³/mol. The lowest BCUT2D eigenvalue weighted by atomic mass is 9.76. The number of amides is 1. The van der Waals surface area contributed by atoms with Gasteiger partial charge in [0.2, 0.25) is 5.91 Å². The van der Waals surface area contributed by atoms with Gasteiger partial charge in [-0.05, 0) is 55.7 Å². The highest BCUT2D eigenvalue weighted by atomic mass is 19.1. The smallest absolute Gasteiger partial charge is 0.228 e. The van der Waals surface area contributed by atoms with Gasteiger partial charge >= 0.3 is 0 Å². The number of nitrogens with zero attached hydrogens (tertiary/aromatic N) is 1. The maximum absolute atomic E-state index is 13.0. The van der Waals surface area contributed by atoms with Gasteiger partial charge in [0.15, 0.2) is 0 Å². The second-order valence-electron chi connectivity index (χ2n) is 6.98. The van der Waals surface area contributed by atoms with E-state index in [1.807, 2.05) is 12.1 Å². The Kier molecular flexibility index (Phi) is 5.00. The molecule has 0 aromatic heterocycles. The van der Waals surface area contributed by atoms with Crippen molar-refractivity contribution in [1.82, 2.24) is 4.90 Å². The Morgan fingerprint density at radius 3 is 2.65 bits per heavy atom. The molecule has 1 atom stereocenters. The topological polar surface area (TPSA) is 29.5 Å². The quantitative estimate of drug-likeness (QED) is 0.851. The van der Waals surface area contributed by atoms with Crippen molar-refractivity contribution in [1.29, 1.82) is 0 Å². The molecule has 4 heteroatoms. The molecule has 1 unspecified atom stereocenters. The third-order valence-corrected chi connectivity index (χ3v) is 5.59. The van der Waals surface area contributed by atoms with E-state index < -0.39 is 0 Å². The third-order valence-electron chi connectivity index (χ3n) is 5.59. The van der Waals surface area contributed by atoms with Crippen molar-refractivity contribution in [2.45, 2.75) is 39.0 Å². The van der Waals surface area contributed by atoms with Gasteiger partial charge in [-0.2, -0.15) is 0 Å². The lowest BCUT2D eigenvalue weighted by Gasteiger charge is -2.38. The van der Waals surface area contributed by atoms with Gasteiger partial charge in [0.1, 0.15) is 5.82 Å². The van der Waals surface area contributed by atoms with Gasteiger partial charge in [-0.3, -0.25) is 4.79 Å². The Labute approximate surface area is 137 Å². The first kappa shape index (κ1) is 16.4. The summed E-state index contributed by atoms with van der Waals surface area (Å²) in [5.41, 5.74) is 0.949. The van der Waals surface area contributed by atoms with Crippen LogP contribution in [-0.4, -0.2) is 37.1 Å². The molecule has 3 nitrogen and oxygen atoms in total. The monoisotopic (exact) mass is 319 g/mol. The number of carbonyl (C=O) groups excluding carboxylic acids is 1. The Morgan fingerprint density at radius 1 is 1.30 bits per heavy atom. The summed E-state index contributed by atoms with van der Waals surface area (Å²) >= 11 is 0. The first-order chi connectivity index (χ1) is 11.1. The molecule has 0 spiro atoms. The van der Waals surface area contributed by atoms with E-state index in [2.05, 4.69) is 11.8 Å². The van der Waals surface area contributed by atoms with Crippen molar-refractivity contribution in [2.24, 2.45) is 11.3 Å². The van der Waals surface area contributed by atoms with Crippen LogP contribution in [0.15, 0.2) is 24.3 Å². The number of likely N-dealkylation sites (tertiary alicyclic amines) is 1. The van der Waals surface area contributed by atoms with Crippen molar-refractivity contribution >= 4 is 5.91 Å². The number of hydrogen-bond acceptors (Lipinski definition) is 2. The summed E-state index contributed by atoms with van der Waals surface area (Å²) in [5.74, 6) is 0.615. The minimum Gasteiger partial charge on any atom is -0.381 e. The van der Waals surface area contributed by atoms with Gasteiger partial charge in [-0.15, -0.1) is 0 Å². The Bertz CT molecular complexity index is 537. The zero-order chi connectivity index (χ0) is 16.3. The van der Waals surface area contributed by atoms with E-state index in [-0.39, 0.29) is 11.2 Å². The summed E-state index contributed by atoms with van der Waals surface area (Å²) in [6.07, 6.45) is 4.56. The molecule has 0 aliphatic carbocycles. The molecule has 2 aliphatic rings. The van der Waals surface area contributed by atoms with Gasteiger partial charge in [0.25, 0.3) is 0 Å². The van der Waals surface area contributed by atoms with E-state index >= 15 is 0 Å². The Balaban J connectivity index is 1.60. The second kappa shape index (κ2) is 7.00. The molecule has 2 fully saturated rings. The molecule has 1 amide bonds. The minimum absolute atomic E-state index is 0.193.